The van der Waals surface area contributed by atoms with Crippen molar-refractivity contribution in [3.63, 3.8) is 0 Å². The highest BCUT2D eigenvalue weighted by Gasteiger charge is 2.26. The highest BCUT2D eigenvalue weighted by Crippen LogP contribution is 2.20. The van der Waals surface area contributed by atoms with E-state index in [1.54, 1.807) is 0 Å². The summed E-state index contributed by atoms with van der Waals surface area (Å²) in [5.74, 6) is 0.397. The lowest BCUT2D eigenvalue weighted by molar-refractivity contribution is -0.139. The van der Waals surface area contributed by atoms with E-state index < -0.39 is 0 Å². The van der Waals surface area contributed by atoms with Crippen molar-refractivity contribution < 1.29 is 9.90 Å². The second-order valence-corrected chi connectivity index (χ2v) is 5.00. The lowest BCUT2D eigenvalue weighted by Crippen LogP contribution is -2.44. The second kappa shape index (κ2) is 10.4. The minimum Gasteiger partial charge on any atom is -0.395 e. The standard InChI is InChI=1S/C15H31NO2/c1-5-9-13(10-6-2)15(18)16(11-12-17)14(7-3)8-4/h13-14,17H,5-12H2,1-4H3. The second-order valence-electron chi connectivity index (χ2n) is 5.00. The van der Waals surface area contributed by atoms with E-state index in [1.165, 1.54) is 0 Å². The molecule has 0 atom stereocenters. The molecule has 1 amide bonds. The number of aliphatic hydroxyl groups excluding tert-OH is 1. The molecule has 0 spiro atoms. The molecule has 0 aliphatic carbocycles. The van der Waals surface area contributed by atoms with E-state index in [0.717, 1.165) is 38.5 Å². The Morgan fingerprint density at radius 2 is 1.56 bits per heavy atom. The van der Waals surface area contributed by atoms with E-state index in [1.807, 2.05) is 4.90 Å². The van der Waals surface area contributed by atoms with Gasteiger partial charge in [0, 0.05) is 18.5 Å². The molecule has 0 aromatic heterocycles. The fourth-order valence-corrected chi connectivity index (χ4v) is 2.63. The van der Waals surface area contributed by atoms with Gasteiger partial charge in [0.15, 0.2) is 0 Å². The molecule has 3 nitrogen and oxygen atoms in total. The summed E-state index contributed by atoms with van der Waals surface area (Å²) in [6.45, 7) is 9.02. The maximum Gasteiger partial charge on any atom is 0.226 e. The number of aliphatic hydroxyl groups is 1. The third kappa shape index (κ3) is 5.38. The summed E-state index contributed by atoms with van der Waals surface area (Å²) in [6, 6.07) is 0.279. The van der Waals surface area contributed by atoms with Gasteiger partial charge < -0.3 is 10.0 Å². The van der Waals surface area contributed by atoms with Crippen LogP contribution in [0.25, 0.3) is 0 Å². The summed E-state index contributed by atoms with van der Waals surface area (Å²) in [7, 11) is 0. The average Bonchev–Trinajstić information content (AvgIpc) is 2.38. The number of amides is 1. The number of carbonyl (C=O) groups excluding carboxylic acids is 1. The highest BCUT2D eigenvalue weighted by atomic mass is 16.3. The topological polar surface area (TPSA) is 40.5 Å². The van der Waals surface area contributed by atoms with Gasteiger partial charge in [-0.25, -0.2) is 0 Å². The summed E-state index contributed by atoms with van der Waals surface area (Å²) < 4.78 is 0. The molecule has 0 heterocycles. The number of nitrogens with zero attached hydrogens (tertiary/aromatic N) is 1. The predicted molar refractivity (Wildman–Crippen MR) is 76.5 cm³/mol. The molecule has 0 aromatic carbocycles. The zero-order valence-corrected chi connectivity index (χ0v) is 12.6. The van der Waals surface area contributed by atoms with E-state index in [9.17, 15) is 9.90 Å². The lowest BCUT2D eigenvalue weighted by atomic mass is 9.95. The molecule has 0 fully saturated rings. The van der Waals surface area contributed by atoms with Crippen LogP contribution in [0.3, 0.4) is 0 Å². The minimum absolute atomic E-state index is 0.0627. The molecule has 0 unspecified atom stereocenters. The van der Waals surface area contributed by atoms with Crippen LogP contribution >= 0.6 is 0 Å². The number of hydrogen-bond donors (Lipinski definition) is 1. The summed E-state index contributed by atoms with van der Waals surface area (Å²) in [6.07, 6.45) is 5.96. The Balaban J connectivity index is 4.78. The van der Waals surface area contributed by atoms with Crippen molar-refractivity contribution in [2.75, 3.05) is 13.2 Å². The zero-order valence-electron chi connectivity index (χ0n) is 12.6. The van der Waals surface area contributed by atoms with Gasteiger partial charge in [-0.3, -0.25) is 4.79 Å². The Kier molecular flexibility index (Phi) is 10.0. The van der Waals surface area contributed by atoms with Crippen LogP contribution in [0.2, 0.25) is 0 Å². The van der Waals surface area contributed by atoms with E-state index in [4.69, 9.17) is 0 Å². The summed E-state index contributed by atoms with van der Waals surface area (Å²) >= 11 is 0. The molecule has 0 saturated carbocycles. The van der Waals surface area contributed by atoms with Crippen molar-refractivity contribution in [1.82, 2.24) is 4.90 Å². The highest BCUT2D eigenvalue weighted by molar-refractivity contribution is 5.79. The molecule has 3 heteroatoms. The Bertz CT molecular complexity index is 209. The number of hydrogen-bond acceptors (Lipinski definition) is 2. The summed E-state index contributed by atoms with van der Waals surface area (Å²) in [4.78, 5) is 14.5. The maximum atomic E-state index is 12.6. The van der Waals surface area contributed by atoms with Gasteiger partial charge in [0.05, 0.1) is 6.61 Å². The van der Waals surface area contributed by atoms with Crippen molar-refractivity contribution >= 4 is 5.91 Å². The molecule has 1 N–H and O–H groups in total. The van der Waals surface area contributed by atoms with E-state index in [-0.39, 0.29) is 24.5 Å². The Morgan fingerprint density at radius 3 is 1.89 bits per heavy atom. The van der Waals surface area contributed by atoms with Crippen LogP contribution in [0.5, 0.6) is 0 Å². The van der Waals surface area contributed by atoms with E-state index in [0.29, 0.717) is 6.54 Å². The van der Waals surface area contributed by atoms with Crippen molar-refractivity contribution in [3.05, 3.63) is 0 Å². The van der Waals surface area contributed by atoms with Crippen LogP contribution in [0.1, 0.15) is 66.2 Å². The van der Waals surface area contributed by atoms with Gasteiger partial charge >= 0.3 is 0 Å². The third-order valence-corrected chi connectivity index (χ3v) is 3.63. The van der Waals surface area contributed by atoms with Gasteiger partial charge in [0.1, 0.15) is 0 Å². The zero-order chi connectivity index (χ0) is 14.0. The Morgan fingerprint density at radius 1 is 1.06 bits per heavy atom. The van der Waals surface area contributed by atoms with E-state index in [2.05, 4.69) is 27.7 Å². The normalized spacial score (nSPS) is 11.3. The van der Waals surface area contributed by atoms with Gasteiger partial charge in [-0.2, -0.15) is 0 Å². The smallest absolute Gasteiger partial charge is 0.226 e. The van der Waals surface area contributed by atoms with E-state index >= 15 is 0 Å². The van der Waals surface area contributed by atoms with Gasteiger partial charge in [-0.15, -0.1) is 0 Å². The van der Waals surface area contributed by atoms with Crippen molar-refractivity contribution in [1.29, 1.82) is 0 Å². The van der Waals surface area contributed by atoms with Gasteiger partial charge in [0.25, 0.3) is 0 Å². The monoisotopic (exact) mass is 257 g/mol. The number of rotatable bonds is 10. The van der Waals surface area contributed by atoms with Gasteiger partial charge in [-0.1, -0.05) is 40.5 Å². The first-order valence-corrected chi connectivity index (χ1v) is 7.57. The predicted octanol–water partition coefficient (Wildman–Crippen LogP) is 3.21. The molecule has 0 aliphatic rings. The molecular weight excluding hydrogens is 226 g/mol. The van der Waals surface area contributed by atoms with Crippen molar-refractivity contribution in [3.8, 4) is 0 Å². The Hall–Kier alpha value is -0.570. The van der Waals surface area contributed by atoms with Crippen LogP contribution in [0.15, 0.2) is 0 Å². The van der Waals surface area contributed by atoms with Crippen molar-refractivity contribution in [2.45, 2.75) is 72.3 Å². The third-order valence-electron chi connectivity index (χ3n) is 3.63. The molecule has 0 saturated heterocycles. The maximum absolute atomic E-state index is 12.6. The first-order valence-electron chi connectivity index (χ1n) is 7.57. The number of carbonyl (C=O) groups is 1. The summed E-state index contributed by atoms with van der Waals surface area (Å²) in [5, 5.41) is 9.17. The van der Waals surface area contributed by atoms with Gasteiger partial charge in [0.2, 0.25) is 5.91 Å². The quantitative estimate of drug-likeness (QED) is 0.653. The molecule has 0 radical (unpaired) electrons. The molecule has 0 bridgehead atoms. The molecule has 0 aromatic rings. The van der Waals surface area contributed by atoms with Crippen LogP contribution in [0, 0.1) is 5.92 Å². The SMILES string of the molecule is CCCC(CCC)C(=O)N(CCO)C(CC)CC. The molecule has 18 heavy (non-hydrogen) atoms. The first-order chi connectivity index (χ1) is 8.65. The molecular formula is C15H31NO2. The summed E-state index contributed by atoms with van der Waals surface area (Å²) in [5.41, 5.74) is 0. The largest absolute Gasteiger partial charge is 0.395 e. The molecule has 0 aliphatic heterocycles. The van der Waals surface area contributed by atoms with Crippen LogP contribution < -0.4 is 0 Å². The molecule has 0 rings (SSSR count). The lowest BCUT2D eigenvalue weighted by Gasteiger charge is -2.33. The fraction of sp³-hybridized carbons (Fsp3) is 0.933. The van der Waals surface area contributed by atoms with Crippen LogP contribution in [-0.2, 0) is 4.79 Å². The van der Waals surface area contributed by atoms with Crippen molar-refractivity contribution in [2.24, 2.45) is 5.92 Å². The fourth-order valence-electron chi connectivity index (χ4n) is 2.63. The molecule has 108 valence electrons. The Labute approximate surface area is 113 Å². The van der Waals surface area contributed by atoms with Crippen LogP contribution in [0.4, 0.5) is 0 Å². The average molecular weight is 257 g/mol. The van der Waals surface area contributed by atoms with Gasteiger partial charge in [-0.05, 0) is 25.7 Å². The first kappa shape index (κ1) is 17.4. The minimum atomic E-state index is 0.0627. The van der Waals surface area contributed by atoms with Crippen LogP contribution in [-0.4, -0.2) is 35.1 Å².